The molecule has 1 aliphatic rings. The van der Waals surface area contributed by atoms with E-state index < -0.39 is 0 Å². The van der Waals surface area contributed by atoms with E-state index in [-0.39, 0.29) is 0 Å². The van der Waals surface area contributed by atoms with E-state index in [9.17, 15) is 0 Å². The van der Waals surface area contributed by atoms with Crippen LogP contribution in [-0.4, -0.2) is 9.97 Å². The molecule has 96 valence electrons. The quantitative estimate of drug-likeness (QED) is 0.749. The van der Waals surface area contributed by atoms with Crippen molar-refractivity contribution in [3.63, 3.8) is 0 Å². The van der Waals surface area contributed by atoms with Gasteiger partial charge in [0.15, 0.2) is 0 Å². The number of unbranched alkanes of at least 4 members (excludes halogenated alkanes) is 1. The van der Waals surface area contributed by atoms with Crippen LogP contribution in [-0.2, 0) is 19.3 Å². The van der Waals surface area contributed by atoms with Crippen LogP contribution < -0.4 is 0 Å². The minimum absolute atomic E-state index is 0.700. The van der Waals surface area contributed by atoms with Crippen molar-refractivity contribution in [3.05, 3.63) is 22.2 Å². The van der Waals surface area contributed by atoms with Crippen molar-refractivity contribution in [1.82, 2.24) is 9.97 Å². The first-order valence-electron chi connectivity index (χ1n) is 6.85. The van der Waals surface area contributed by atoms with Crippen LogP contribution in [0.25, 0.3) is 0 Å². The van der Waals surface area contributed by atoms with Gasteiger partial charge in [0.1, 0.15) is 11.0 Å². The Kier molecular flexibility index (Phi) is 6.49. The maximum absolute atomic E-state index is 6.18. The van der Waals surface area contributed by atoms with Gasteiger partial charge in [-0.25, -0.2) is 9.97 Å². The van der Waals surface area contributed by atoms with Crippen molar-refractivity contribution in [2.24, 2.45) is 0 Å². The van der Waals surface area contributed by atoms with Crippen LogP contribution in [0.1, 0.15) is 63.5 Å². The molecule has 2 rings (SSSR count). The van der Waals surface area contributed by atoms with Crippen LogP contribution in [0.5, 0.6) is 0 Å². The maximum Gasteiger partial charge on any atom is 0.136 e. The Labute approximate surface area is 110 Å². The molecule has 0 radical (unpaired) electrons. The van der Waals surface area contributed by atoms with Crippen molar-refractivity contribution < 1.29 is 0 Å². The molecule has 0 N–H and O–H groups in total. The van der Waals surface area contributed by atoms with Crippen molar-refractivity contribution in [2.75, 3.05) is 0 Å². The van der Waals surface area contributed by atoms with Crippen LogP contribution >= 0.6 is 11.6 Å². The van der Waals surface area contributed by atoms with Gasteiger partial charge in [0, 0.05) is 17.7 Å². The molecule has 0 saturated carbocycles. The van der Waals surface area contributed by atoms with Gasteiger partial charge in [-0.3, -0.25) is 0 Å². The number of rotatable bonds is 3. The minimum atomic E-state index is 0.700. The van der Waals surface area contributed by atoms with Gasteiger partial charge in [0.05, 0.1) is 0 Å². The van der Waals surface area contributed by atoms with Crippen LogP contribution in [0, 0.1) is 0 Å². The molecule has 2 nitrogen and oxygen atoms in total. The fraction of sp³-hybridized carbons (Fsp3) is 0.714. The highest BCUT2D eigenvalue weighted by Gasteiger charge is 2.16. The Morgan fingerprint density at radius 3 is 2.53 bits per heavy atom. The molecule has 1 aromatic rings. The molecule has 0 fully saturated rings. The third-order valence-electron chi connectivity index (χ3n) is 2.93. The molecule has 0 atom stereocenters. The number of aromatic nitrogens is 2. The molecule has 0 bridgehead atoms. The van der Waals surface area contributed by atoms with Gasteiger partial charge in [-0.15, -0.1) is 0 Å². The second kappa shape index (κ2) is 7.65. The predicted octanol–water partition coefficient (Wildman–Crippen LogP) is 4.38. The third kappa shape index (κ3) is 3.95. The Balaban J connectivity index is 0.000000686. The summed E-state index contributed by atoms with van der Waals surface area (Å²) in [6.45, 7) is 6.18. The first-order chi connectivity index (χ1) is 8.31. The molecule has 0 unspecified atom stereocenters. The Hall–Kier alpha value is -0.630. The van der Waals surface area contributed by atoms with Gasteiger partial charge >= 0.3 is 0 Å². The van der Waals surface area contributed by atoms with Crippen LogP contribution in [0.2, 0.25) is 5.15 Å². The Morgan fingerprint density at radius 2 is 1.82 bits per heavy atom. The summed E-state index contributed by atoms with van der Waals surface area (Å²) in [5, 5.41) is 0.700. The van der Waals surface area contributed by atoms with Gasteiger partial charge < -0.3 is 0 Å². The second-order valence-electron chi connectivity index (χ2n) is 4.17. The van der Waals surface area contributed by atoms with E-state index in [1.807, 2.05) is 13.8 Å². The van der Waals surface area contributed by atoms with E-state index >= 15 is 0 Å². The van der Waals surface area contributed by atoms with Crippen LogP contribution in [0.15, 0.2) is 0 Å². The topological polar surface area (TPSA) is 25.8 Å². The van der Waals surface area contributed by atoms with Crippen molar-refractivity contribution in [1.29, 1.82) is 0 Å². The minimum Gasteiger partial charge on any atom is -0.238 e. The average Bonchev–Trinajstić information content (AvgIpc) is 2.39. The fourth-order valence-corrected chi connectivity index (χ4v) is 2.34. The predicted molar refractivity (Wildman–Crippen MR) is 73.6 cm³/mol. The Bertz CT molecular complexity index is 350. The molecule has 3 heteroatoms. The van der Waals surface area contributed by atoms with E-state index in [0.717, 1.165) is 31.5 Å². The molecular weight excluding hydrogens is 232 g/mol. The second-order valence-corrected chi connectivity index (χ2v) is 4.52. The van der Waals surface area contributed by atoms with Gasteiger partial charge in [-0.2, -0.15) is 0 Å². The standard InChI is InChI=1S/C12H17ClN2.C2H6/c1-2-3-8-11-14-10-7-5-4-6-9(10)12(13)15-11;1-2/h2-8H2,1H3;1-2H3. The zero-order chi connectivity index (χ0) is 12.7. The average molecular weight is 255 g/mol. The molecular formula is C14H23ClN2. The summed E-state index contributed by atoms with van der Waals surface area (Å²) in [5.41, 5.74) is 2.40. The summed E-state index contributed by atoms with van der Waals surface area (Å²) in [4.78, 5) is 8.99. The lowest BCUT2D eigenvalue weighted by molar-refractivity contribution is 0.647. The lowest BCUT2D eigenvalue weighted by atomic mass is 9.97. The number of hydrogen-bond donors (Lipinski definition) is 0. The smallest absolute Gasteiger partial charge is 0.136 e. The summed E-state index contributed by atoms with van der Waals surface area (Å²) in [5.74, 6) is 0.933. The summed E-state index contributed by atoms with van der Waals surface area (Å²) in [6, 6.07) is 0. The highest BCUT2D eigenvalue weighted by atomic mass is 35.5. The van der Waals surface area contributed by atoms with Gasteiger partial charge in [-0.05, 0) is 32.1 Å². The molecule has 1 aliphatic carbocycles. The maximum atomic E-state index is 6.18. The zero-order valence-electron chi connectivity index (χ0n) is 11.2. The number of aryl methyl sites for hydroxylation is 2. The molecule has 0 amide bonds. The monoisotopic (exact) mass is 254 g/mol. The molecule has 0 aromatic carbocycles. The summed E-state index contributed by atoms with van der Waals surface area (Å²) in [7, 11) is 0. The molecule has 17 heavy (non-hydrogen) atoms. The summed E-state index contributed by atoms with van der Waals surface area (Å²) < 4.78 is 0. The Morgan fingerprint density at radius 1 is 1.12 bits per heavy atom. The van der Waals surface area contributed by atoms with Gasteiger partial charge in [0.25, 0.3) is 0 Å². The van der Waals surface area contributed by atoms with Crippen LogP contribution in [0.4, 0.5) is 0 Å². The summed E-state index contributed by atoms with van der Waals surface area (Å²) in [6.07, 6.45) is 7.90. The largest absolute Gasteiger partial charge is 0.238 e. The number of hydrogen-bond acceptors (Lipinski definition) is 2. The van der Waals surface area contributed by atoms with E-state index in [1.165, 1.54) is 30.5 Å². The molecule has 1 heterocycles. The molecule has 0 spiro atoms. The lowest BCUT2D eigenvalue weighted by Gasteiger charge is -2.16. The van der Waals surface area contributed by atoms with Gasteiger partial charge in [-0.1, -0.05) is 38.8 Å². The first-order valence-corrected chi connectivity index (χ1v) is 7.23. The van der Waals surface area contributed by atoms with E-state index in [0.29, 0.717) is 5.15 Å². The van der Waals surface area contributed by atoms with Crippen molar-refractivity contribution in [2.45, 2.75) is 65.7 Å². The number of halogens is 1. The van der Waals surface area contributed by atoms with E-state index in [4.69, 9.17) is 11.6 Å². The van der Waals surface area contributed by atoms with E-state index in [2.05, 4.69) is 16.9 Å². The highest BCUT2D eigenvalue weighted by molar-refractivity contribution is 6.30. The lowest BCUT2D eigenvalue weighted by Crippen LogP contribution is -2.10. The third-order valence-corrected chi connectivity index (χ3v) is 3.25. The number of fused-ring (bicyclic) bond motifs is 1. The van der Waals surface area contributed by atoms with Crippen molar-refractivity contribution in [3.8, 4) is 0 Å². The van der Waals surface area contributed by atoms with Crippen LogP contribution in [0.3, 0.4) is 0 Å². The van der Waals surface area contributed by atoms with Gasteiger partial charge in [0.2, 0.25) is 0 Å². The number of nitrogens with zero attached hydrogens (tertiary/aromatic N) is 2. The fourth-order valence-electron chi connectivity index (χ4n) is 2.04. The highest BCUT2D eigenvalue weighted by Crippen LogP contribution is 2.25. The first kappa shape index (κ1) is 14.4. The van der Waals surface area contributed by atoms with E-state index in [1.54, 1.807) is 0 Å². The molecule has 0 aliphatic heterocycles. The van der Waals surface area contributed by atoms with Crippen molar-refractivity contribution >= 4 is 11.6 Å². The molecule has 1 aromatic heterocycles. The SMILES string of the molecule is CC.CCCCc1nc(Cl)c2c(n1)CCCC2. The normalized spacial score (nSPS) is 13.6. The molecule has 0 saturated heterocycles. The summed E-state index contributed by atoms with van der Waals surface area (Å²) >= 11 is 6.18. The zero-order valence-corrected chi connectivity index (χ0v) is 12.0.